The van der Waals surface area contributed by atoms with Crippen LogP contribution in [0, 0.1) is 0 Å². The fourth-order valence-electron chi connectivity index (χ4n) is 4.27. The molecule has 0 aromatic heterocycles. The van der Waals surface area contributed by atoms with E-state index in [2.05, 4.69) is 5.32 Å². The van der Waals surface area contributed by atoms with Gasteiger partial charge < -0.3 is 30.7 Å². The number of nitrogens with two attached hydrogens (primary N) is 1. The molecule has 176 valence electrons. The molecule has 0 spiro atoms. The van der Waals surface area contributed by atoms with Gasteiger partial charge in [-0.15, -0.1) is 0 Å². The van der Waals surface area contributed by atoms with Crippen LogP contribution in [-0.2, 0) is 9.53 Å². The number of nitrogens with zero attached hydrogens (tertiary/aromatic N) is 2. The van der Waals surface area contributed by atoms with Gasteiger partial charge >= 0.3 is 0 Å². The molecule has 1 unspecified atom stereocenters. The number of carbonyl (C=O) groups is 2. The van der Waals surface area contributed by atoms with Gasteiger partial charge in [0.1, 0.15) is 5.60 Å². The van der Waals surface area contributed by atoms with Crippen molar-refractivity contribution in [1.29, 1.82) is 0 Å². The number of benzene rings is 2. The fourth-order valence-corrected chi connectivity index (χ4v) is 4.27. The van der Waals surface area contributed by atoms with Crippen LogP contribution in [-0.4, -0.2) is 79.3 Å². The minimum Gasteiger partial charge on any atom is -0.388 e. The second-order valence-electron chi connectivity index (χ2n) is 8.81. The molecular formula is C25H32N4O4. The summed E-state index contributed by atoms with van der Waals surface area (Å²) < 4.78 is 5.17. The van der Waals surface area contributed by atoms with Crippen molar-refractivity contribution < 1.29 is 19.4 Å². The first-order chi connectivity index (χ1) is 15.9. The van der Waals surface area contributed by atoms with E-state index in [1.54, 1.807) is 16.9 Å². The normalized spacial score (nSPS) is 18.1. The Morgan fingerprint density at radius 2 is 1.67 bits per heavy atom. The van der Waals surface area contributed by atoms with Crippen molar-refractivity contribution in [2.45, 2.75) is 24.5 Å². The van der Waals surface area contributed by atoms with Crippen LogP contribution in [0.1, 0.15) is 34.8 Å². The summed E-state index contributed by atoms with van der Waals surface area (Å²) in [6.07, 6.45) is 1.08. The molecule has 1 heterocycles. The molecule has 0 radical (unpaired) electrons. The molecule has 1 saturated heterocycles. The zero-order valence-corrected chi connectivity index (χ0v) is 19.2. The lowest BCUT2D eigenvalue weighted by molar-refractivity contribution is -0.143. The third kappa shape index (κ3) is 4.88. The first kappa shape index (κ1) is 23.2. The van der Waals surface area contributed by atoms with Gasteiger partial charge in [0.05, 0.1) is 12.6 Å². The highest BCUT2D eigenvalue weighted by molar-refractivity contribution is 5.95. The van der Waals surface area contributed by atoms with Crippen LogP contribution in [0.3, 0.4) is 0 Å². The fraction of sp³-hybridized carbons (Fsp3) is 0.440. The van der Waals surface area contributed by atoms with Gasteiger partial charge in [-0.2, -0.15) is 0 Å². The number of hydrogen-bond acceptors (Lipinski definition) is 6. The Bertz CT molecular complexity index is 1010. The van der Waals surface area contributed by atoms with Gasteiger partial charge in [-0.05, 0) is 47.7 Å². The molecule has 1 saturated carbocycles. The van der Waals surface area contributed by atoms with Crippen LogP contribution in [0.15, 0.2) is 42.5 Å². The van der Waals surface area contributed by atoms with Crippen molar-refractivity contribution in [2.75, 3.05) is 52.3 Å². The van der Waals surface area contributed by atoms with E-state index in [1.807, 2.05) is 49.5 Å². The van der Waals surface area contributed by atoms with E-state index >= 15 is 0 Å². The highest BCUT2D eigenvalue weighted by Crippen LogP contribution is 2.37. The lowest BCUT2D eigenvalue weighted by Crippen LogP contribution is -2.53. The summed E-state index contributed by atoms with van der Waals surface area (Å²) in [5, 5.41) is 13.2. The minimum absolute atomic E-state index is 0.0458. The standard InChI is InChI=1S/C25H32N4O4/c1-27-22-15-19(7-8-20(22)21(26)16-33-2)17-3-5-18(6-4-17)23(30)28-11-13-29(14-12-28)24(31)25(32)9-10-25/h3-8,15,21,27,32H,9-14,16,26H2,1-2H3. The lowest BCUT2D eigenvalue weighted by atomic mass is 9.98. The van der Waals surface area contributed by atoms with Crippen LogP contribution >= 0.6 is 0 Å². The maximum atomic E-state index is 13.0. The number of methoxy groups -OCH3 is 1. The quantitative estimate of drug-likeness (QED) is 0.592. The molecule has 4 rings (SSSR count). The molecule has 1 aliphatic carbocycles. The smallest absolute Gasteiger partial charge is 0.254 e. The number of carbonyl (C=O) groups excluding carboxylic acids is 2. The molecule has 2 fully saturated rings. The van der Waals surface area contributed by atoms with Crippen LogP contribution in [0.2, 0.25) is 0 Å². The number of anilines is 1. The topological polar surface area (TPSA) is 108 Å². The van der Waals surface area contributed by atoms with E-state index in [1.165, 1.54) is 0 Å². The van der Waals surface area contributed by atoms with E-state index < -0.39 is 5.60 Å². The van der Waals surface area contributed by atoms with Gasteiger partial charge in [-0.1, -0.05) is 24.3 Å². The zero-order chi connectivity index (χ0) is 23.6. The van der Waals surface area contributed by atoms with Crippen molar-refractivity contribution in [3.05, 3.63) is 53.6 Å². The SMILES string of the molecule is CNc1cc(-c2ccc(C(=O)N3CCN(C(=O)C4(O)CC4)CC3)cc2)ccc1C(N)COC. The van der Waals surface area contributed by atoms with Gasteiger partial charge in [0.25, 0.3) is 11.8 Å². The minimum atomic E-state index is -1.15. The maximum Gasteiger partial charge on any atom is 0.254 e. The molecule has 2 aliphatic rings. The van der Waals surface area contributed by atoms with Crippen LogP contribution in [0.25, 0.3) is 11.1 Å². The Morgan fingerprint density at radius 1 is 1.06 bits per heavy atom. The van der Waals surface area contributed by atoms with Crippen molar-refractivity contribution in [3.63, 3.8) is 0 Å². The zero-order valence-electron chi connectivity index (χ0n) is 19.2. The molecule has 1 atom stereocenters. The Kier molecular flexibility index (Phi) is 6.69. The third-order valence-corrected chi connectivity index (χ3v) is 6.51. The summed E-state index contributed by atoms with van der Waals surface area (Å²) in [6.45, 7) is 2.28. The van der Waals surface area contributed by atoms with E-state index in [0.29, 0.717) is 51.2 Å². The maximum absolute atomic E-state index is 13.0. The van der Waals surface area contributed by atoms with Crippen molar-refractivity contribution in [3.8, 4) is 11.1 Å². The highest BCUT2D eigenvalue weighted by atomic mass is 16.5. The summed E-state index contributed by atoms with van der Waals surface area (Å²) in [4.78, 5) is 28.7. The molecule has 8 nitrogen and oxygen atoms in total. The Morgan fingerprint density at radius 3 is 2.24 bits per heavy atom. The van der Waals surface area contributed by atoms with Crippen molar-refractivity contribution >= 4 is 17.5 Å². The van der Waals surface area contributed by atoms with Crippen molar-refractivity contribution in [1.82, 2.24) is 9.80 Å². The van der Waals surface area contributed by atoms with Gasteiger partial charge in [0, 0.05) is 51.6 Å². The van der Waals surface area contributed by atoms with Crippen molar-refractivity contribution in [2.24, 2.45) is 5.73 Å². The predicted molar refractivity (Wildman–Crippen MR) is 127 cm³/mol. The highest BCUT2D eigenvalue weighted by Gasteiger charge is 2.50. The van der Waals surface area contributed by atoms with Gasteiger partial charge in [-0.25, -0.2) is 0 Å². The lowest BCUT2D eigenvalue weighted by Gasteiger charge is -2.35. The largest absolute Gasteiger partial charge is 0.388 e. The summed E-state index contributed by atoms with van der Waals surface area (Å²) in [7, 11) is 3.50. The molecule has 2 aromatic carbocycles. The van der Waals surface area contributed by atoms with Crippen LogP contribution < -0.4 is 11.1 Å². The van der Waals surface area contributed by atoms with Gasteiger partial charge in [-0.3, -0.25) is 9.59 Å². The first-order valence-electron chi connectivity index (χ1n) is 11.3. The van der Waals surface area contributed by atoms with E-state index in [9.17, 15) is 14.7 Å². The first-order valence-corrected chi connectivity index (χ1v) is 11.3. The number of rotatable bonds is 7. The van der Waals surface area contributed by atoms with E-state index in [4.69, 9.17) is 10.5 Å². The molecule has 4 N–H and O–H groups in total. The molecule has 8 heteroatoms. The third-order valence-electron chi connectivity index (χ3n) is 6.51. The number of piperazine rings is 1. The number of aliphatic hydroxyl groups is 1. The van der Waals surface area contributed by atoms with Gasteiger partial charge in [0.15, 0.2) is 0 Å². The predicted octanol–water partition coefficient (Wildman–Crippen LogP) is 1.85. The number of hydrogen-bond donors (Lipinski definition) is 3. The average Bonchev–Trinajstić information content (AvgIpc) is 3.61. The van der Waals surface area contributed by atoms with E-state index in [-0.39, 0.29) is 17.9 Å². The monoisotopic (exact) mass is 452 g/mol. The molecule has 1 aliphatic heterocycles. The number of ether oxygens (including phenoxy) is 1. The Balaban J connectivity index is 1.41. The molecule has 2 amide bonds. The van der Waals surface area contributed by atoms with Crippen LogP contribution in [0.5, 0.6) is 0 Å². The van der Waals surface area contributed by atoms with E-state index in [0.717, 1.165) is 22.4 Å². The second kappa shape index (κ2) is 9.51. The molecular weight excluding hydrogens is 420 g/mol. The molecule has 2 aromatic rings. The second-order valence-corrected chi connectivity index (χ2v) is 8.81. The molecule has 33 heavy (non-hydrogen) atoms. The summed E-state index contributed by atoms with van der Waals surface area (Å²) in [5.74, 6) is -0.246. The number of nitrogens with one attached hydrogen (secondary N) is 1. The van der Waals surface area contributed by atoms with Crippen LogP contribution in [0.4, 0.5) is 5.69 Å². The summed E-state index contributed by atoms with van der Waals surface area (Å²) in [6, 6.07) is 13.4. The Hall–Kier alpha value is -2.94. The molecule has 0 bridgehead atoms. The summed E-state index contributed by atoms with van der Waals surface area (Å²) >= 11 is 0. The average molecular weight is 453 g/mol. The Labute approximate surface area is 194 Å². The summed E-state index contributed by atoms with van der Waals surface area (Å²) in [5.41, 5.74) is 9.63. The van der Waals surface area contributed by atoms with Gasteiger partial charge in [0.2, 0.25) is 0 Å². The number of amides is 2.